The van der Waals surface area contributed by atoms with Gasteiger partial charge in [0, 0.05) is 0 Å². The summed E-state index contributed by atoms with van der Waals surface area (Å²) in [6.45, 7) is 81.3. The first kappa shape index (κ1) is 131. The summed E-state index contributed by atoms with van der Waals surface area (Å²) >= 11 is 0. The average Bonchev–Trinajstić information content (AvgIpc) is 1.21. The largest absolute Gasteiger partial charge is 0.0683 e. The molecule has 0 bridgehead atoms. The first-order chi connectivity index (χ1) is 67.8. The van der Waals surface area contributed by atoms with Gasteiger partial charge in [-0.15, -0.1) is 0 Å². The van der Waals surface area contributed by atoms with Crippen molar-refractivity contribution in [1.29, 1.82) is 0 Å². The molecule has 0 N–H and O–H groups in total. The molecule has 18 aromatic carbocycles. The Bertz CT molecular complexity index is 5580. The Balaban J connectivity index is -0.000000729. The molecule has 18 aromatic rings. The minimum Gasteiger partial charge on any atom is -0.0683 e. The summed E-state index contributed by atoms with van der Waals surface area (Å²) in [4.78, 5) is 0. The molecule has 0 saturated heterocycles. The SMILES string of the molecule is CC.CC.CC.CC.CC.CC.CC.CC.CC.CC.CC.CC.CC.CC.CC.CC.CCC.CCC.CCc1cc(-c2ccccc2)cc(-c2ccccc2)c1.CCc1cccc2c3ccccc3c3ccccc3c12.CCc1ccccc1.Cc1ccc2c3ccccc3c3ccccc3c2c1.c1ccc2c(c1)-c1cccc3cccc-2c13.c1ccc2c(c1)-c1cccc3cccc-2c13. The van der Waals surface area contributed by atoms with Crippen LogP contribution in [0.25, 0.3) is 153 Å². The van der Waals surface area contributed by atoms with Crippen molar-refractivity contribution in [3.8, 4) is 66.8 Å². The fourth-order valence-corrected chi connectivity index (χ4v) is 15.0. The third kappa shape index (κ3) is 38.5. The molecule has 0 aliphatic heterocycles. The number of rotatable bonds is 5. The fourth-order valence-electron chi connectivity index (χ4n) is 15.0. The third-order valence-corrected chi connectivity index (χ3v) is 19.8. The van der Waals surface area contributed by atoms with Crippen LogP contribution in [0.2, 0.25) is 0 Å². The van der Waals surface area contributed by atoms with Gasteiger partial charge >= 0.3 is 0 Å². The van der Waals surface area contributed by atoms with E-state index in [1.807, 2.05) is 228 Å². The van der Waals surface area contributed by atoms with Crippen molar-refractivity contribution in [2.75, 3.05) is 0 Å². The highest BCUT2D eigenvalue weighted by molar-refractivity contribution is 6.27. The van der Waals surface area contributed by atoms with Gasteiger partial charge in [-0.3, -0.25) is 0 Å². The zero-order valence-electron chi connectivity index (χ0n) is 94.2. The van der Waals surface area contributed by atoms with Crippen molar-refractivity contribution < 1.29 is 0 Å². The van der Waals surface area contributed by atoms with Crippen LogP contribution >= 0.6 is 0 Å². The van der Waals surface area contributed by atoms with Crippen molar-refractivity contribution >= 4 is 86.2 Å². The Morgan fingerprint density at radius 1 is 0.146 bits per heavy atom. The van der Waals surface area contributed by atoms with E-state index < -0.39 is 0 Å². The summed E-state index contributed by atoms with van der Waals surface area (Å²) < 4.78 is 0. The van der Waals surface area contributed by atoms with E-state index in [4.69, 9.17) is 0 Å². The lowest BCUT2D eigenvalue weighted by molar-refractivity contribution is 1.09. The second-order valence-electron chi connectivity index (χ2n) is 27.2. The Kier molecular flexibility index (Phi) is 81.0. The van der Waals surface area contributed by atoms with E-state index in [0.717, 1.165) is 19.3 Å². The van der Waals surface area contributed by atoms with Gasteiger partial charge in [0.25, 0.3) is 0 Å². The Hall–Kier alpha value is -12.0. The lowest BCUT2D eigenvalue weighted by Crippen LogP contribution is -1.88. The number of hydrogen-bond acceptors (Lipinski definition) is 0. The van der Waals surface area contributed by atoms with Gasteiger partial charge in [0.1, 0.15) is 0 Å². The van der Waals surface area contributed by atoms with Gasteiger partial charge in [-0.25, -0.2) is 0 Å². The zero-order chi connectivity index (χ0) is 104. The molecule has 0 unspecified atom stereocenters. The highest BCUT2D eigenvalue weighted by Gasteiger charge is 2.21. The van der Waals surface area contributed by atoms with E-state index in [0.29, 0.717) is 0 Å². The highest BCUT2D eigenvalue weighted by Crippen LogP contribution is 2.48. The topological polar surface area (TPSA) is 0 Å². The predicted octanol–water partition coefficient (Wildman–Crippen LogP) is 47.2. The van der Waals surface area contributed by atoms with Crippen molar-refractivity contribution in [3.63, 3.8) is 0 Å². The Morgan fingerprint density at radius 3 is 0.635 bits per heavy atom. The molecule has 0 radical (unpaired) electrons. The van der Waals surface area contributed by atoms with Crippen LogP contribution in [0.4, 0.5) is 0 Å². The monoisotopic (exact) mass is 1840 g/mol. The summed E-state index contributed by atoms with van der Waals surface area (Å²) in [5, 5.41) is 21.8. The van der Waals surface area contributed by atoms with Gasteiger partial charge in [0.15, 0.2) is 0 Å². The van der Waals surface area contributed by atoms with Gasteiger partial charge in [-0.05, 0) is 202 Å². The predicted molar refractivity (Wildman–Crippen MR) is 645 cm³/mol. The van der Waals surface area contributed by atoms with Crippen LogP contribution in [0.1, 0.15) is 305 Å². The van der Waals surface area contributed by atoms with Gasteiger partial charge in [-0.1, -0.05) is 646 Å². The van der Waals surface area contributed by atoms with Crippen molar-refractivity contribution in [2.45, 2.75) is 309 Å². The maximum Gasteiger partial charge on any atom is -0.00264 e. The smallest absolute Gasteiger partial charge is 0.00264 e. The molecule has 2 aliphatic rings. The molecule has 0 spiro atoms. The van der Waals surface area contributed by atoms with E-state index >= 15 is 0 Å². The molecule has 0 saturated carbocycles. The number of aryl methyl sites for hydroxylation is 4. The summed E-state index contributed by atoms with van der Waals surface area (Å²) in [5.74, 6) is 0. The molecule has 0 aromatic heterocycles. The first-order valence-corrected chi connectivity index (χ1v) is 53.9. The van der Waals surface area contributed by atoms with E-state index in [1.54, 1.807) is 0 Å². The van der Waals surface area contributed by atoms with Crippen LogP contribution in [-0.4, -0.2) is 0 Å². The molecule has 0 heterocycles. The second-order valence-corrected chi connectivity index (χ2v) is 27.2. The third-order valence-electron chi connectivity index (χ3n) is 19.8. The minimum absolute atomic E-state index is 1.06. The van der Waals surface area contributed by atoms with Crippen LogP contribution in [0, 0.1) is 6.92 Å². The molecule has 20 rings (SSSR count). The molecular weight excluding hydrogens is 1650 g/mol. The average molecular weight is 1840 g/mol. The minimum atomic E-state index is 1.06. The molecule has 0 fully saturated rings. The van der Waals surface area contributed by atoms with Crippen LogP contribution in [0.3, 0.4) is 0 Å². The first-order valence-electron chi connectivity index (χ1n) is 53.9. The van der Waals surface area contributed by atoms with Crippen LogP contribution in [0.15, 0.2) is 364 Å². The number of benzene rings is 18. The number of hydrogen-bond donors (Lipinski definition) is 0. The van der Waals surface area contributed by atoms with Crippen LogP contribution in [-0.2, 0) is 19.3 Å². The van der Waals surface area contributed by atoms with Gasteiger partial charge in [-0.2, -0.15) is 0 Å². The van der Waals surface area contributed by atoms with Crippen LogP contribution in [0.5, 0.6) is 0 Å². The van der Waals surface area contributed by atoms with E-state index in [9.17, 15) is 0 Å². The van der Waals surface area contributed by atoms with E-state index in [-0.39, 0.29) is 0 Å². The Labute approximate surface area is 842 Å². The van der Waals surface area contributed by atoms with Crippen molar-refractivity contribution in [1.82, 2.24) is 0 Å². The van der Waals surface area contributed by atoms with Gasteiger partial charge < -0.3 is 0 Å². The van der Waals surface area contributed by atoms with E-state index in [2.05, 4.69) is 413 Å². The maximum atomic E-state index is 2.30. The van der Waals surface area contributed by atoms with Gasteiger partial charge in [0.2, 0.25) is 0 Å². The molecule has 0 nitrogen and oxygen atoms in total. The normalized spacial score (nSPS) is 9.02. The molecule has 738 valence electrons. The van der Waals surface area contributed by atoms with Crippen molar-refractivity contribution in [3.05, 3.63) is 386 Å². The summed E-state index contributed by atoms with van der Waals surface area (Å²) in [7, 11) is 0. The summed E-state index contributed by atoms with van der Waals surface area (Å²) in [5.41, 5.74) is 21.7. The van der Waals surface area contributed by atoms with Crippen LogP contribution < -0.4 is 0 Å². The lowest BCUT2D eigenvalue weighted by Gasteiger charge is -2.12. The molecule has 2 aliphatic carbocycles. The summed E-state index contributed by atoms with van der Waals surface area (Å²) in [6, 6.07) is 130. The lowest BCUT2D eigenvalue weighted by atomic mass is 9.91. The highest BCUT2D eigenvalue weighted by atomic mass is 14.2. The Morgan fingerprint density at radius 2 is 0.365 bits per heavy atom. The zero-order valence-corrected chi connectivity index (χ0v) is 94.2. The van der Waals surface area contributed by atoms with Crippen molar-refractivity contribution in [2.24, 2.45) is 0 Å². The maximum absolute atomic E-state index is 2.30. The molecule has 0 amide bonds. The second kappa shape index (κ2) is 84.5. The molecular formula is C137H190. The van der Waals surface area contributed by atoms with E-state index in [1.165, 1.54) is 188 Å². The standard InChI is InChI=1S/C20H16.C20H18.C19H14.2C16H10.C8H10.2C3H8.16C2H6/c1-2-14-8-7-13-19-17-10-4-3-9-15(17)16-11-5-6-12-18(16)20(14)19;1-2-16-13-19(17-9-5-3-6-10-17)15-20(14-16)18-11-7-4-8-12-18;1-13-10-11-18-16-8-3-2-6-14(16)15-7-4-5-9-17(15)19(18)12-13;2*1-2-8-13-12(7-1)14-9-3-5-11-6-4-10-15(13)16(11)14;1-2-8-6-4-3-5-7-8;2*1-3-2;16*1-2/h3-13H,2H2,1H3;3-15H,2H2,1H3;2-12H,1H3;2*1-10H;3-7H,2H2,1H3;2*3H2,1-2H3;16*1-2H3. The molecule has 0 atom stereocenters. The quantitative estimate of drug-likeness (QED) is 0.151. The fraction of sp³-hybridized carbons (Fsp3) is 0.328. The molecule has 0 heteroatoms. The summed E-state index contributed by atoms with van der Waals surface area (Å²) in [6.07, 6.45) is 5.76. The molecule has 137 heavy (non-hydrogen) atoms. The van der Waals surface area contributed by atoms with Gasteiger partial charge in [0.05, 0.1) is 0 Å². The number of fused-ring (bicyclic) bond motifs is 18.